The molecule has 0 radical (unpaired) electrons. The first-order chi connectivity index (χ1) is 14.2. The van der Waals surface area contributed by atoms with Gasteiger partial charge in [-0.2, -0.15) is 0 Å². The number of amides is 2. The molecule has 0 aliphatic rings. The van der Waals surface area contributed by atoms with Gasteiger partial charge in [-0.15, -0.1) is 11.3 Å². The zero-order valence-corrected chi connectivity index (χ0v) is 19.4. The van der Waals surface area contributed by atoms with E-state index in [-0.39, 0.29) is 40.1 Å². The first-order valence-corrected chi connectivity index (χ1v) is 11.4. The summed E-state index contributed by atoms with van der Waals surface area (Å²) < 4.78 is 5.72. The van der Waals surface area contributed by atoms with Gasteiger partial charge < -0.3 is 25.4 Å². The van der Waals surface area contributed by atoms with E-state index in [1.54, 1.807) is 11.4 Å². The maximum atomic E-state index is 12.8. The molecule has 3 rings (SSSR count). The SMILES string of the molecule is Cc1ccsc1C(=O)Nc1c(C(=O)NCI)noc1-c1cc(C(C)C)c(O)cc1O. The minimum atomic E-state index is -0.528. The van der Waals surface area contributed by atoms with Crippen LogP contribution in [0.3, 0.4) is 0 Å². The molecule has 4 N–H and O–H groups in total. The van der Waals surface area contributed by atoms with Crippen LogP contribution in [0.5, 0.6) is 11.5 Å². The highest BCUT2D eigenvalue weighted by Crippen LogP contribution is 2.42. The van der Waals surface area contributed by atoms with Crippen LogP contribution >= 0.6 is 33.9 Å². The van der Waals surface area contributed by atoms with Gasteiger partial charge in [0.05, 0.1) is 15.0 Å². The fraction of sp³-hybridized carbons (Fsp3) is 0.250. The van der Waals surface area contributed by atoms with E-state index >= 15 is 0 Å². The summed E-state index contributed by atoms with van der Waals surface area (Å²) in [5, 5.41) is 31.5. The van der Waals surface area contributed by atoms with Crippen LogP contribution < -0.4 is 10.6 Å². The maximum absolute atomic E-state index is 12.8. The Balaban J connectivity index is 2.14. The number of phenols is 2. The van der Waals surface area contributed by atoms with Crippen molar-refractivity contribution in [1.29, 1.82) is 0 Å². The van der Waals surface area contributed by atoms with Gasteiger partial charge in [0.15, 0.2) is 11.5 Å². The number of alkyl halides is 1. The fourth-order valence-electron chi connectivity index (χ4n) is 2.90. The van der Waals surface area contributed by atoms with Crippen molar-refractivity contribution >= 4 is 51.4 Å². The number of phenolic OH excluding ortho intramolecular Hbond substituents is 2. The highest BCUT2D eigenvalue weighted by atomic mass is 127. The molecular formula is C20H20IN3O5S. The summed E-state index contributed by atoms with van der Waals surface area (Å²) in [4.78, 5) is 25.8. The van der Waals surface area contributed by atoms with Gasteiger partial charge in [0, 0.05) is 6.07 Å². The number of rotatable bonds is 6. The van der Waals surface area contributed by atoms with Crippen molar-refractivity contribution in [2.24, 2.45) is 0 Å². The molecule has 2 heterocycles. The minimum Gasteiger partial charge on any atom is -0.508 e. The standard InChI is InChI=1S/C20H20IN3O5S/c1-9(2)11-6-12(14(26)7-13(11)25)17-15(16(24-29-17)19(27)22-8-21)23-20(28)18-10(3)4-5-30-18/h4-7,9,25-26H,8H2,1-3H3,(H,22,27)(H,23,28). The van der Waals surface area contributed by atoms with E-state index in [0.717, 1.165) is 5.56 Å². The van der Waals surface area contributed by atoms with Crippen LogP contribution in [0, 0.1) is 6.92 Å². The number of aromatic nitrogens is 1. The van der Waals surface area contributed by atoms with Gasteiger partial charge >= 0.3 is 0 Å². The summed E-state index contributed by atoms with van der Waals surface area (Å²) >= 11 is 3.24. The average molecular weight is 541 g/mol. The molecule has 0 spiro atoms. The number of hydrogen-bond acceptors (Lipinski definition) is 7. The first kappa shape index (κ1) is 22.1. The molecule has 2 aromatic heterocycles. The van der Waals surface area contributed by atoms with E-state index in [2.05, 4.69) is 15.8 Å². The first-order valence-electron chi connectivity index (χ1n) is 9.00. The lowest BCUT2D eigenvalue weighted by Gasteiger charge is -2.12. The molecule has 3 aromatic rings. The van der Waals surface area contributed by atoms with Crippen molar-refractivity contribution in [3.8, 4) is 22.8 Å². The number of carbonyl (C=O) groups is 2. The van der Waals surface area contributed by atoms with Crippen LogP contribution in [-0.2, 0) is 0 Å². The molecule has 158 valence electrons. The average Bonchev–Trinajstić information content (AvgIpc) is 3.28. The zero-order chi connectivity index (χ0) is 22.0. The van der Waals surface area contributed by atoms with Crippen LogP contribution in [0.2, 0.25) is 0 Å². The molecule has 0 atom stereocenters. The van der Waals surface area contributed by atoms with Gasteiger partial charge in [0.2, 0.25) is 0 Å². The van der Waals surface area contributed by atoms with Crippen molar-refractivity contribution in [2.45, 2.75) is 26.7 Å². The molecule has 0 fully saturated rings. The van der Waals surface area contributed by atoms with Gasteiger partial charge in [0.25, 0.3) is 11.8 Å². The number of anilines is 1. The predicted molar refractivity (Wildman–Crippen MR) is 123 cm³/mol. The van der Waals surface area contributed by atoms with E-state index in [9.17, 15) is 19.8 Å². The number of halogens is 1. The Morgan fingerprint density at radius 2 is 1.97 bits per heavy atom. The smallest absolute Gasteiger partial charge is 0.276 e. The fourth-order valence-corrected chi connectivity index (χ4v) is 4.07. The second kappa shape index (κ2) is 9.04. The summed E-state index contributed by atoms with van der Waals surface area (Å²) in [5.41, 5.74) is 1.51. The Hall–Kier alpha value is -2.60. The lowest BCUT2D eigenvalue weighted by molar-refractivity contribution is 0.0954. The Kier molecular flexibility index (Phi) is 6.66. The Morgan fingerprint density at radius 1 is 1.23 bits per heavy atom. The lowest BCUT2D eigenvalue weighted by Crippen LogP contribution is -2.24. The highest BCUT2D eigenvalue weighted by molar-refractivity contribution is 14.1. The molecule has 8 nitrogen and oxygen atoms in total. The number of thiophene rings is 1. The van der Waals surface area contributed by atoms with Gasteiger partial charge in [0.1, 0.15) is 17.2 Å². The number of nitrogens with zero attached hydrogens (tertiary/aromatic N) is 1. The normalized spacial score (nSPS) is 11.0. The molecule has 0 saturated heterocycles. The number of nitrogens with one attached hydrogen (secondary N) is 2. The lowest BCUT2D eigenvalue weighted by atomic mass is 9.97. The van der Waals surface area contributed by atoms with Crippen LogP contribution in [0.4, 0.5) is 5.69 Å². The van der Waals surface area contributed by atoms with Crippen molar-refractivity contribution in [3.63, 3.8) is 0 Å². The number of carbonyl (C=O) groups excluding carboxylic acids is 2. The van der Waals surface area contributed by atoms with Crippen molar-refractivity contribution in [1.82, 2.24) is 10.5 Å². The second-order valence-electron chi connectivity index (χ2n) is 6.84. The third kappa shape index (κ3) is 4.29. The molecule has 0 unspecified atom stereocenters. The molecule has 10 heteroatoms. The van der Waals surface area contributed by atoms with E-state index in [1.807, 2.05) is 49.4 Å². The molecule has 0 saturated carbocycles. The third-order valence-electron chi connectivity index (χ3n) is 4.45. The largest absolute Gasteiger partial charge is 0.508 e. The molecule has 30 heavy (non-hydrogen) atoms. The van der Waals surface area contributed by atoms with Crippen LogP contribution in [-0.4, -0.2) is 31.7 Å². The van der Waals surface area contributed by atoms with Crippen LogP contribution in [0.1, 0.15) is 51.1 Å². The molecule has 0 aliphatic carbocycles. The molecule has 1 aromatic carbocycles. The molecule has 2 amide bonds. The van der Waals surface area contributed by atoms with Gasteiger partial charge in [-0.25, -0.2) is 0 Å². The maximum Gasteiger partial charge on any atom is 0.276 e. The van der Waals surface area contributed by atoms with E-state index < -0.39 is 11.8 Å². The number of benzene rings is 1. The zero-order valence-electron chi connectivity index (χ0n) is 16.4. The van der Waals surface area contributed by atoms with Crippen LogP contribution in [0.15, 0.2) is 28.1 Å². The summed E-state index contributed by atoms with van der Waals surface area (Å²) in [6.07, 6.45) is 0. The van der Waals surface area contributed by atoms with Crippen molar-refractivity contribution < 1.29 is 24.3 Å². The van der Waals surface area contributed by atoms with Crippen LogP contribution in [0.25, 0.3) is 11.3 Å². The minimum absolute atomic E-state index is 0.0237. The summed E-state index contributed by atoms with van der Waals surface area (Å²) in [6.45, 7) is 5.58. The van der Waals surface area contributed by atoms with E-state index in [4.69, 9.17) is 4.52 Å². The molecule has 0 bridgehead atoms. The summed E-state index contributed by atoms with van der Waals surface area (Å²) in [7, 11) is 0. The number of hydrogen-bond donors (Lipinski definition) is 4. The second-order valence-corrected chi connectivity index (χ2v) is 8.52. The topological polar surface area (TPSA) is 125 Å². The molecular weight excluding hydrogens is 521 g/mol. The van der Waals surface area contributed by atoms with Gasteiger partial charge in [-0.3, -0.25) is 9.59 Å². The van der Waals surface area contributed by atoms with E-state index in [1.165, 1.54) is 17.4 Å². The van der Waals surface area contributed by atoms with Crippen molar-refractivity contribution in [2.75, 3.05) is 9.87 Å². The quantitative estimate of drug-likeness (QED) is 0.205. The van der Waals surface area contributed by atoms with Crippen molar-refractivity contribution in [3.05, 3.63) is 45.3 Å². The molecule has 0 aliphatic heterocycles. The predicted octanol–water partition coefficient (Wildman–Crippen LogP) is 4.62. The van der Waals surface area contributed by atoms with Gasteiger partial charge in [-0.1, -0.05) is 41.6 Å². The summed E-state index contributed by atoms with van der Waals surface area (Å²) in [6, 6.07) is 4.58. The Morgan fingerprint density at radius 3 is 2.57 bits per heavy atom. The Bertz CT molecular complexity index is 1110. The van der Waals surface area contributed by atoms with E-state index in [0.29, 0.717) is 15.0 Å². The highest BCUT2D eigenvalue weighted by Gasteiger charge is 2.28. The summed E-state index contributed by atoms with van der Waals surface area (Å²) in [5.74, 6) is -1.29. The number of aryl methyl sites for hydroxylation is 1. The number of aromatic hydroxyl groups is 2. The van der Waals surface area contributed by atoms with Gasteiger partial charge in [-0.05, 0) is 41.5 Å². The third-order valence-corrected chi connectivity index (χ3v) is 5.85. The Labute approximate surface area is 190 Å². The monoisotopic (exact) mass is 541 g/mol.